The maximum atomic E-state index is 13.6. The molecule has 3 aromatic rings. The summed E-state index contributed by atoms with van der Waals surface area (Å²) >= 11 is 1.30. The molecule has 1 aromatic heterocycles. The molecule has 0 atom stereocenters. The molecule has 0 spiro atoms. The second-order valence-electron chi connectivity index (χ2n) is 8.69. The van der Waals surface area contributed by atoms with Gasteiger partial charge < -0.3 is 20.3 Å². The second-order valence-corrected chi connectivity index (χ2v) is 9.55. The van der Waals surface area contributed by atoms with Gasteiger partial charge in [-0.05, 0) is 36.2 Å². The van der Waals surface area contributed by atoms with Crippen molar-refractivity contribution in [3.8, 4) is 11.3 Å². The Labute approximate surface area is 205 Å². The van der Waals surface area contributed by atoms with Crippen LogP contribution >= 0.6 is 11.3 Å². The van der Waals surface area contributed by atoms with Crippen LogP contribution < -0.4 is 15.5 Å². The lowest BCUT2D eigenvalue weighted by Crippen LogP contribution is -2.52. The van der Waals surface area contributed by atoms with E-state index in [0.29, 0.717) is 10.7 Å². The summed E-state index contributed by atoms with van der Waals surface area (Å²) in [6.45, 7) is 1.66. The van der Waals surface area contributed by atoms with Crippen molar-refractivity contribution < 1.29 is 23.1 Å². The Kier molecular flexibility index (Phi) is 6.48. The Hall–Kier alpha value is -3.37. The van der Waals surface area contributed by atoms with Crippen molar-refractivity contribution in [3.05, 3.63) is 65.0 Å². The number of aromatic nitrogens is 1. The van der Waals surface area contributed by atoms with Crippen LogP contribution in [0.15, 0.2) is 53.9 Å². The summed E-state index contributed by atoms with van der Waals surface area (Å²) in [6.07, 6.45) is -1.40. The number of rotatable bonds is 8. The highest BCUT2D eigenvalue weighted by molar-refractivity contribution is 7.14. The average Bonchev–Trinajstić information content (AvgIpc) is 3.24. The number of carbonyl (C=O) groups is 2. The van der Waals surface area contributed by atoms with Gasteiger partial charge in [-0.2, -0.15) is 0 Å². The number of hydrogen-bond donors (Lipinski definition) is 2. The smallest absolute Gasteiger partial charge is 0.252 e. The van der Waals surface area contributed by atoms with Crippen LogP contribution in [0.5, 0.6) is 0 Å². The third-order valence-corrected chi connectivity index (χ3v) is 7.12. The topological polar surface area (TPSA) is 83.6 Å². The van der Waals surface area contributed by atoms with Gasteiger partial charge in [-0.15, -0.1) is 11.3 Å². The summed E-state index contributed by atoms with van der Waals surface area (Å²) in [5, 5.41) is 7.53. The van der Waals surface area contributed by atoms with Crippen LogP contribution in [0.2, 0.25) is 0 Å². The van der Waals surface area contributed by atoms with Gasteiger partial charge in [0.1, 0.15) is 5.41 Å². The molecule has 3 heterocycles. The van der Waals surface area contributed by atoms with E-state index in [9.17, 15) is 18.4 Å². The predicted molar refractivity (Wildman–Crippen MR) is 130 cm³/mol. The van der Waals surface area contributed by atoms with Crippen molar-refractivity contribution in [2.45, 2.75) is 18.3 Å². The van der Waals surface area contributed by atoms with Gasteiger partial charge >= 0.3 is 0 Å². The predicted octanol–water partition coefficient (Wildman–Crippen LogP) is 3.92. The lowest BCUT2D eigenvalue weighted by molar-refractivity contribution is -0.133. The molecule has 10 heteroatoms. The average molecular weight is 499 g/mol. The molecule has 2 N–H and O–H groups in total. The first kappa shape index (κ1) is 23.4. The van der Waals surface area contributed by atoms with E-state index in [1.165, 1.54) is 29.9 Å². The zero-order valence-electron chi connectivity index (χ0n) is 18.8. The molecule has 0 radical (unpaired) electrons. The van der Waals surface area contributed by atoms with E-state index in [1.54, 1.807) is 12.1 Å². The summed E-state index contributed by atoms with van der Waals surface area (Å²) in [5.74, 6) is -0.949. The molecule has 7 nitrogen and oxygen atoms in total. The summed E-state index contributed by atoms with van der Waals surface area (Å²) in [5.41, 5.74) is 2.07. The molecule has 2 aliphatic rings. The van der Waals surface area contributed by atoms with E-state index in [2.05, 4.69) is 32.7 Å². The molecule has 0 unspecified atom stereocenters. The zero-order valence-corrected chi connectivity index (χ0v) is 19.6. The van der Waals surface area contributed by atoms with E-state index in [-0.39, 0.29) is 25.3 Å². The van der Waals surface area contributed by atoms with Crippen LogP contribution in [0, 0.1) is 0 Å². The van der Waals surface area contributed by atoms with Crippen molar-refractivity contribution in [2.24, 2.45) is 0 Å². The summed E-state index contributed by atoms with van der Waals surface area (Å²) in [4.78, 5) is 31.7. The third kappa shape index (κ3) is 4.76. The Morgan fingerprint density at radius 3 is 2.63 bits per heavy atom. The minimum atomic E-state index is -2.60. The van der Waals surface area contributed by atoms with Crippen LogP contribution in [0.3, 0.4) is 0 Å². The monoisotopic (exact) mass is 498 g/mol. The number of anilines is 2. The van der Waals surface area contributed by atoms with Crippen molar-refractivity contribution in [1.29, 1.82) is 0 Å². The van der Waals surface area contributed by atoms with Crippen molar-refractivity contribution in [3.63, 3.8) is 0 Å². The van der Waals surface area contributed by atoms with E-state index in [1.807, 2.05) is 17.5 Å². The van der Waals surface area contributed by atoms with Crippen molar-refractivity contribution in [2.75, 3.05) is 43.1 Å². The largest absolute Gasteiger partial charge is 0.379 e. The number of alkyl halides is 2. The molecule has 0 bridgehead atoms. The number of thiazole rings is 1. The van der Waals surface area contributed by atoms with E-state index >= 15 is 0 Å². The van der Waals surface area contributed by atoms with Crippen molar-refractivity contribution >= 4 is 34.0 Å². The molecule has 0 aliphatic carbocycles. The highest BCUT2D eigenvalue weighted by Crippen LogP contribution is 2.38. The number of hydrogen-bond acceptors (Lipinski definition) is 6. The minimum Gasteiger partial charge on any atom is -0.379 e. The number of carbonyl (C=O) groups excluding carboxylic acids is 2. The van der Waals surface area contributed by atoms with E-state index in [0.717, 1.165) is 30.0 Å². The standard InChI is InChI=1S/C25H24F2N4O3S/c26-23(27)25(14-34-15-25)18-6-1-5-17(10-18)22(33)28-12-21(32)30-24-29-20(13-35-24)16-4-2-7-19(11-16)31-8-3-9-31/h1-2,4-7,10-11,13,23H,3,8-9,12,14-15H2,(H,28,33)(H,29,30,32). The molecular formula is C25H24F2N4O3S. The van der Waals surface area contributed by atoms with Gasteiger partial charge in [-0.3, -0.25) is 9.59 Å². The molecule has 2 fully saturated rings. The molecule has 182 valence electrons. The normalized spacial score (nSPS) is 16.4. The van der Waals surface area contributed by atoms with Crippen LogP contribution in [0.4, 0.5) is 19.6 Å². The van der Waals surface area contributed by atoms with Gasteiger partial charge in [0.2, 0.25) is 5.91 Å². The number of amides is 2. The fourth-order valence-corrected chi connectivity index (χ4v) is 4.77. The second kappa shape index (κ2) is 9.71. The van der Waals surface area contributed by atoms with Crippen LogP contribution in [0.25, 0.3) is 11.3 Å². The Morgan fingerprint density at radius 1 is 1.14 bits per heavy atom. The number of halogens is 2. The fourth-order valence-electron chi connectivity index (χ4n) is 4.04. The van der Waals surface area contributed by atoms with Crippen molar-refractivity contribution in [1.82, 2.24) is 10.3 Å². The highest BCUT2D eigenvalue weighted by Gasteiger charge is 2.48. The first-order valence-electron chi connectivity index (χ1n) is 11.3. The van der Waals surface area contributed by atoms with Crippen LogP contribution in [-0.2, 0) is 14.9 Å². The number of nitrogens with zero attached hydrogens (tertiary/aromatic N) is 2. The van der Waals surface area contributed by atoms with Gasteiger partial charge in [-0.1, -0.05) is 24.3 Å². The van der Waals surface area contributed by atoms with Crippen LogP contribution in [0.1, 0.15) is 22.3 Å². The number of benzene rings is 2. The fraction of sp³-hybridized carbons (Fsp3) is 0.320. The highest BCUT2D eigenvalue weighted by atomic mass is 32.1. The molecule has 0 saturated carbocycles. The zero-order chi connectivity index (χ0) is 24.4. The van der Waals surface area contributed by atoms with Gasteiger partial charge in [0.15, 0.2) is 5.13 Å². The van der Waals surface area contributed by atoms with E-state index in [4.69, 9.17) is 4.74 Å². The Balaban J connectivity index is 1.17. The molecular weight excluding hydrogens is 474 g/mol. The van der Waals surface area contributed by atoms with Gasteiger partial charge in [0.05, 0.1) is 25.5 Å². The number of ether oxygens (including phenoxy) is 1. The lowest BCUT2D eigenvalue weighted by Gasteiger charge is -2.41. The Bertz CT molecular complexity index is 1240. The summed E-state index contributed by atoms with van der Waals surface area (Å²) < 4.78 is 32.1. The molecule has 2 aliphatic heterocycles. The lowest BCUT2D eigenvalue weighted by atomic mass is 9.78. The van der Waals surface area contributed by atoms with Crippen LogP contribution in [-0.4, -0.2) is 56.1 Å². The molecule has 2 aromatic carbocycles. The summed E-state index contributed by atoms with van der Waals surface area (Å²) in [7, 11) is 0. The Morgan fingerprint density at radius 2 is 1.94 bits per heavy atom. The SMILES string of the molecule is O=C(CNC(=O)c1cccc(C2(C(F)F)COC2)c1)Nc1nc(-c2cccc(N3CCC3)c2)cs1. The first-order valence-corrected chi connectivity index (χ1v) is 12.2. The molecule has 2 saturated heterocycles. The van der Waals surface area contributed by atoms with Gasteiger partial charge in [0.25, 0.3) is 12.3 Å². The maximum absolute atomic E-state index is 13.6. The number of nitrogens with one attached hydrogen (secondary N) is 2. The van der Waals surface area contributed by atoms with Gasteiger partial charge in [0, 0.05) is 35.3 Å². The summed E-state index contributed by atoms with van der Waals surface area (Å²) in [6, 6.07) is 14.2. The first-order chi connectivity index (χ1) is 16.9. The quantitative estimate of drug-likeness (QED) is 0.492. The molecule has 35 heavy (non-hydrogen) atoms. The molecule has 2 amide bonds. The van der Waals surface area contributed by atoms with E-state index < -0.39 is 23.7 Å². The maximum Gasteiger partial charge on any atom is 0.252 e. The third-order valence-electron chi connectivity index (χ3n) is 6.36. The molecule has 5 rings (SSSR count). The van der Waals surface area contributed by atoms with Gasteiger partial charge in [-0.25, -0.2) is 13.8 Å². The minimum absolute atomic E-state index is 0.0868.